The van der Waals surface area contributed by atoms with Gasteiger partial charge in [0.15, 0.2) is 6.29 Å². The van der Waals surface area contributed by atoms with Crippen molar-refractivity contribution in [3.63, 3.8) is 0 Å². The molecule has 0 aliphatic rings. The third-order valence-electron chi connectivity index (χ3n) is 6.82. The highest BCUT2D eigenvalue weighted by Gasteiger charge is 1.98. The highest BCUT2D eigenvalue weighted by atomic mass is 16.5. The molecule has 0 aliphatic heterocycles. The van der Waals surface area contributed by atoms with Gasteiger partial charge < -0.3 is 10.2 Å². The Morgan fingerprint density at radius 3 is 0.710 bits per heavy atom. The summed E-state index contributed by atoms with van der Waals surface area (Å²) in [5.74, 6) is 0. The molecule has 0 unspecified atom stereocenters. The average Bonchev–Trinajstić information content (AvgIpc) is 2.76. The van der Waals surface area contributed by atoms with Gasteiger partial charge in [0.1, 0.15) is 0 Å². The van der Waals surface area contributed by atoms with E-state index in [1.54, 1.807) is 0 Å². The van der Waals surface area contributed by atoms with Crippen molar-refractivity contribution < 1.29 is 10.2 Å². The van der Waals surface area contributed by atoms with E-state index in [0.717, 1.165) is 12.8 Å². The molecule has 0 saturated carbocycles. The van der Waals surface area contributed by atoms with Gasteiger partial charge in [0.05, 0.1) is 0 Å². The van der Waals surface area contributed by atoms with Crippen LogP contribution < -0.4 is 0 Å². The van der Waals surface area contributed by atoms with Crippen LogP contribution in [0, 0.1) is 0 Å². The van der Waals surface area contributed by atoms with Crippen LogP contribution >= 0.6 is 0 Å². The van der Waals surface area contributed by atoms with Crippen LogP contribution in [0.5, 0.6) is 0 Å². The molecule has 0 atom stereocenters. The summed E-state index contributed by atoms with van der Waals surface area (Å²) >= 11 is 0. The van der Waals surface area contributed by atoms with Crippen molar-refractivity contribution >= 4 is 0 Å². The summed E-state index contributed by atoms with van der Waals surface area (Å²) in [6.45, 7) is 2.30. The van der Waals surface area contributed by atoms with Crippen LogP contribution in [-0.2, 0) is 0 Å². The largest absolute Gasteiger partial charge is 0.368 e. The lowest BCUT2D eigenvalue weighted by molar-refractivity contribution is -0.0466. The molecule has 0 heterocycles. The van der Waals surface area contributed by atoms with Crippen LogP contribution in [0.15, 0.2) is 0 Å². The molecule has 2 nitrogen and oxygen atoms in total. The summed E-state index contributed by atoms with van der Waals surface area (Å²) in [5, 5.41) is 17.6. The first kappa shape index (κ1) is 30.9. The molecule has 0 aliphatic carbocycles. The van der Waals surface area contributed by atoms with Gasteiger partial charge in [-0.15, -0.1) is 0 Å². The van der Waals surface area contributed by atoms with Gasteiger partial charge in [-0.05, 0) is 12.8 Å². The van der Waals surface area contributed by atoms with Crippen molar-refractivity contribution in [2.24, 2.45) is 0 Å². The molecular formula is C29H60O2. The topological polar surface area (TPSA) is 40.5 Å². The molecule has 0 radical (unpaired) electrons. The van der Waals surface area contributed by atoms with E-state index in [9.17, 15) is 0 Å². The zero-order chi connectivity index (χ0) is 22.7. The normalized spacial score (nSPS) is 11.6. The van der Waals surface area contributed by atoms with E-state index in [0.29, 0.717) is 6.42 Å². The first-order valence-electron chi connectivity index (χ1n) is 14.6. The van der Waals surface area contributed by atoms with Gasteiger partial charge in [0.2, 0.25) is 0 Å². The fraction of sp³-hybridized carbons (Fsp3) is 1.00. The van der Waals surface area contributed by atoms with Crippen LogP contribution in [0.25, 0.3) is 0 Å². The Labute approximate surface area is 197 Å². The molecule has 0 aromatic carbocycles. The first-order chi connectivity index (χ1) is 15.3. The lowest BCUT2D eigenvalue weighted by Gasteiger charge is -2.05. The Bertz CT molecular complexity index is 303. The van der Waals surface area contributed by atoms with Crippen molar-refractivity contribution in [2.45, 2.75) is 187 Å². The Balaban J connectivity index is 2.99. The van der Waals surface area contributed by atoms with Gasteiger partial charge in [-0.1, -0.05) is 167 Å². The minimum Gasteiger partial charge on any atom is -0.368 e. The van der Waals surface area contributed by atoms with E-state index in [2.05, 4.69) is 6.92 Å². The predicted octanol–water partition coefficient (Wildman–Crippen LogP) is 9.85. The van der Waals surface area contributed by atoms with Crippen molar-refractivity contribution in [1.82, 2.24) is 0 Å². The van der Waals surface area contributed by atoms with Crippen LogP contribution in [0.1, 0.15) is 180 Å². The second-order valence-electron chi connectivity index (χ2n) is 10.1. The molecule has 0 rings (SSSR count). The van der Waals surface area contributed by atoms with E-state index in [1.807, 2.05) is 0 Å². The van der Waals surface area contributed by atoms with Crippen molar-refractivity contribution in [2.75, 3.05) is 0 Å². The molecule has 0 spiro atoms. The quantitative estimate of drug-likeness (QED) is 0.0985. The van der Waals surface area contributed by atoms with Gasteiger partial charge in [0, 0.05) is 0 Å². The van der Waals surface area contributed by atoms with E-state index >= 15 is 0 Å². The van der Waals surface area contributed by atoms with Gasteiger partial charge in [0.25, 0.3) is 0 Å². The molecule has 0 bridgehead atoms. The minimum atomic E-state index is -1.10. The highest BCUT2D eigenvalue weighted by molar-refractivity contribution is 4.52. The SMILES string of the molecule is CCCCCCCCCCCCCCCCCCCCCCCCCCCCC(O)O. The summed E-state index contributed by atoms with van der Waals surface area (Å²) < 4.78 is 0. The molecule has 0 aromatic heterocycles. The van der Waals surface area contributed by atoms with E-state index < -0.39 is 6.29 Å². The summed E-state index contributed by atoms with van der Waals surface area (Å²) in [6.07, 6.45) is 35.9. The van der Waals surface area contributed by atoms with Crippen molar-refractivity contribution in [1.29, 1.82) is 0 Å². The smallest absolute Gasteiger partial charge is 0.151 e. The van der Waals surface area contributed by atoms with Gasteiger partial charge >= 0.3 is 0 Å². The summed E-state index contributed by atoms with van der Waals surface area (Å²) in [6, 6.07) is 0. The number of unbranched alkanes of at least 4 members (excludes halogenated alkanes) is 25. The van der Waals surface area contributed by atoms with E-state index in [4.69, 9.17) is 10.2 Å². The number of aliphatic hydroxyl groups excluding tert-OH is 1. The van der Waals surface area contributed by atoms with Gasteiger partial charge in [-0.3, -0.25) is 0 Å². The van der Waals surface area contributed by atoms with E-state index in [-0.39, 0.29) is 0 Å². The maximum Gasteiger partial charge on any atom is 0.151 e. The molecule has 188 valence electrons. The van der Waals surface area contributed by atoms with Gasteiger partial charge in [-0.2, -0.15) is 0 Å². The maximum atomic E-state index is 8.80. The third-order valence-corrected chi connectivity index (χ3v) is 6.82. The van der Waals surface area contributed by atoms with Crippen molar-refractivity contribution in [3.8, 4) is 0 Å². The number of aliphatic hydroxyl groups is 2. The zero-order valence-electron chi connectivity index (χ0n) is 21.6. The van der Waals surface area contributed by atoms with Crippen molar-refractivity contribution in [3.05, 3.63) is 0 Å². The third kappa shape index (κ3) is 29.9. The maximum absolute atomic E-state index is 8.80. The monoisotopic (exact) mass is 440 g/mol. The molecule has 2 N–H and O–H groups in total. The molecule has 2 heteroatoms. The summed E-state index contributed by atoms with van der Waals surface area (Å²) in [7, 11) is 0. The first-order valence-corrected chi connectivity index (χ1v) is 14.6. The molecule has 0 amide bonds. The standard InChI is InChI=1S/C29H60O2/c1-2-3-4-5-6-7-8-9-10-11-12-13-14-15-16-17-18-19-20-21-22-23-24-25-26-27-28-29(30)31/h29-31H,2-28H2,1H3. The number of hydrogen-bond donors (Lipinski definition) is 2. The minimum absolute atomic E-state index is 0.541. The average molecular weight is 441 g/mol. The fourth-order valence-electron chi connectivity index (χ4n) is 4.64. The van der Waals surface area contributed by atoms with Crippen LogP contribution in [0.2, 0.25) is 0 Å². The molecule has 31 heavy (non-hydrogen) atoms. The summed E-state index contributed by atoms with van der Waals surface area (Å²) in [5.41, 5.74) is 0. The Kier molecular flexibility index (Phi) is 27.9. The Hall–Kier alpha value is -0.0800. The number of hydrogen-bond acceptors (Lipinski definition) is 2. The fourth-order valence-corrected chi connectivity index (χ4v) is 4.64. The lowest BCUT2D eigenvalue weighted by atomic mass is 10.0. The number of rotatable bonds is 27. The molecule has 0 fully saturated rings. The predicted molar refractivity (Wildman–Crippen MR) is 139 cm³/mol. The highest BCUT2D eigenvalue weighted by Crippen LogP contribution is 2.16. The molecule has 0 saturated heterocycles. The molecule has 0 aromatic rings. The Morgan fingerprint density at radius 1 is 0.323 bits per heavy atom. The van der Waals surface area contributed by atoms with Crippen LogP contribution in [0.4, 0.5) is 0 Å². The second kappa shape index (κ2) is 28.0. The zero-order valence-corrected chi connectivity index (χ0v) is 21.6. The lowest BCUT2D eigenvalue weighted by Crippen LogP contribution is -2.02. The van der Waals surface area contributed by atoms with Gasteiger partial charge in [-0.25, -0.2) is 0 Å². The van der Waals surface area contributed by atoms with Crippen LogP contribution in [-0.4, -0.2) is 16.5 Å². The molecular weight excluding hydrogens is 380 g/mol. The van der Waals surface area contributed by atoms with E-state index in [1.165, 1.54) is 154 Å². The van der Waals surface area contributed by atoms with Crippen LogP contribution in [0.3, 0.4) is 0 Å². The Morgan fingerprint density at radius 2 is 0.516 bits per heavy atom. The second-order valence-corrected chi connectivity index (χ2v) is 10.1. The summed E-state index contributed by atoms with van der Waals surface area (Å²) in [4.78, 5) is 0.